The van der Waals surface area contributed by atoms with Gasteiger partial charge in [0.15, 0.2) is 0 Å². The molecule has 21 heavy (non-hydrogen) atoms. The van der Waals surface area contributed by atoms with Gasteiger partial charge in [-0.1, -0.05) is 12.1 Å². The Bertz CT molecular complexity index is 558. The highest BCUT2D eigenvalue weighted by Gasteiger charge is 2.30. The first-order valence-corrected chi connectivity index (χ1v) is 8.91. The summed E-state index contributed by atoms with van der Waals surface area (Å²) in [5.41, 5.74) is 2.26. The van der Waals surface area contributed by atoms with Gasteiger partial charge in [0.1, 0.15) is 11.4 Å². The lowest BCUT2D eigenvalue weighted by Crippen LogP contribution is -2.41. The minimum atomic E-state index is -0.886. The largest absolute Gasteiger partial charge is 0.487 e. The molecule has 116 valence electrons. The maximum atomic E-state index is 11.9. The molecular formula is C16H23NO3S. The summed E-state index contributed by atoms with van der Waals surface area (Å²) in [4.78, 5) is 0. The van der Waals surface area contributed by atoms with Crippen molar-refractivity contribution in [3.63, 3.8) is 0 Å². The molecule has 2 heterocycles. The lowest BCUT2D eigenvalue weighted by atomic mass is 10.0. The molecule has 0 radical (unpaired) electrons. The van der Waals surface area contributed by atoms with E-state index in [1.165, 1.54) is 5.56 Å². The Kier molecular flexibility index (Phi) is 4.08. The second-order valence-electron chi connectivity index (χ2n) is 6.61. The Morgan fingerprint density at radius 3 is 3.10 bits per heavy atom. The maximum Gasteiger partial charge on any atom is 0.123 e. The molecule has 2 aliphatic rings. The summed E-state index contributed by atoms with van der Waals surface area (Å²) in [6, 6.07) is 6.28. The molecular weight excluding hydrogens is 286 g/mol. The smallest absolute Gasteiger partial charge is 0.123 e. The summed E-state index contributed by atoms with van der Waals surface area (Å²) in [5.74, 6) is 1.55. The molecule has 0 aromatic heterocycles. The van der Waals surface area contributed by atoms with E-state index in [1.54, 1.807) is 0 Å². The quantitative estimate of drug-likeness (QED) is 0.892. The summed E-state index contributed by atoms with van der Waals surface area (Å²) in [6.45, 7) is 4.84. The molecule has 0 amide bonds. The Labute approximate surface area is 128 Å². The molecule has 0 spiro atoms. The Balaban J connectivity index is 1.63. The number of fused-ring (bicyclic) bond motifs is 1. The third-order valence-electron chi connectivity index (χ3n) is 4.12. The first kappa shape index (κ1) is 15.0. The van der Waals surface area contributed by atoms with Crippen LogP contribution in [0.4, 0.5) is 0 Å². The minimum Gasteiger partial charge on any atom is -0.487 e. The fraction of sp³-hybridized carbons (Fsp3) is 0.625. The van der Waals surface area contributed by atoms with Crippen LogP contribution in [-0.2, 0) is 23.8 Å². The van der Waals surface area contributed by atoms with Gasteiger partial charge < -0.3 is 9.84 Å². The molecule has 3 rings (SSSR count). The van der Waals surface area contributed by atoms with Crippen LogP contribution < -0.4 is 10.1 Å². The minimum absolute atomic E-state index is 0.112. The van der Waals surface area contributed by atoms with E-state index in [0.717, 1.165) is 17.7 Å². The van der Waals surface area contributed by atoms with Crippen molar-refractivity contribution < 1.29 is 14.1 Å². The van der Waals surface area contributed by atoms with Crippen molar-refractivity contribution in [1.29, 1.82) is 0 Å². The van der Waals surface area contributed by atoms with Gasteiger partial charge in [0.2, 0.25) is 0 Å². The first-order chi connectivity index (χ1) is 9.93. The van der Waals surface area contributed by atoms with Crippen LogP contribution in [0, 0.1) is 0 Å². The Morgan fingerprint density at radius 1 is 1.48 bits per heavy atom. The number of nitrogens with one attached hydrogen (secondary N) is 1. The zero-order valence-electron chi connectivity index (χ0n) is 12.6. The van der Waals surface area contributed by atoms with E-state index < -0.39 is 10.8 Å². The van der Waals surface area contributed by atoms with Crippen molar-refractivity contribution >= 4 is 10.8 Å². The van der Waals surface area contributed by atoms with Crippen molar-refractivity contribution in [2.45, 2.75) is 56.7 Å². The van der Waals surface area contributed by atoms with E-state index in [1.807, 2.05) is 0 Å². The third-order valence-corrected chi connectivity index (χ3v) is 5.76. The summed E-state index contributed by atoms with van der Waals surface area (Å²) >= 11 is 0. The van der Waals surface area contributed by atoms with E-state index in [4.69, 9.17) is 4.74 Å². The average molecular weight is 309 g/mol. The molecule has 0 bridgehead atoms. The van der Waals surface area contributed by atoms with Crippen LogP contribution in [-0.4, -0.2) is 32.1 Å². The van der Waals surface area contributed by atoms with Crippen LogP contribution in [0.3, 0.4) is 0 Å². The highest BCUT2D eigenvalue weighted by Crippen LogP contribution is 2.35. The number of hydrogen-bond donors (Lipinski definition) is 2. The highest BCUT2D eigenvalue weighted by molar-refractivity contribution is 7.85. The SMILES string of the molecule is CC1(C)Cc2ccc(CNC3CC(O)CCS3=O)cc2O1. The van der Waals surface area contributed by atoms with Crippen LogP contribution in [0.5, 0.6) is 5.75 Å². The maximum absolute atomic E-state index is 11.9. The molecule has 3 atom stereocenters. The molecule has 1 aromatic rings. The molecule has 2 aliphatic heterocycles. The van der Waals surface area contributed by atoms with Gasteiger partial charge >= 0.3 is 0 Å². The molecule has 0 aliphatic carbocycles. The highest BCUT2D eigenvalue weighted by atomic mass is 32.2. The van der Waals surface area contributed by atoms with Crippen molar-refractivity contribution in [1.82, 2.24) is 5.32 Å². The lowest BCUT2D eigenvalue weighted by Gasteiger charge is -2.26. The van der Waals surface area contributed by atoms with Crippen molar-refractivity contribution in [3.8, 4) is 5.75 Å². The van der Waals surface area contributed by atoms with Gasteiger partial charge in [-0.3, -0.25) is 9.53 Å². The van der Waals surface area contributed by atoms with E-state index in [9.17, 15) is 9.32 Å². The van der Waals surface area contributed by atoms with Crippen LogP contribution in [0.15, 0.2) is 18.2 Å². The van der Waals surface area contributed by atoms with Crippen LogP contribution in [0.2, 0.25) is 0 Å². The topological polar surface area (TPSA) is 58.6 Å². The Hall–Kier alpha value is -0.910. The first-order valence-electron chi connectivity index (χ1n) is 7.52. The van der Waals surface area contributed by atoms with E-state index >= 15 is 0 Å². The summed E-state index contributed by atoms with van der Waals surface area (Å²) < 4.78 is 17.9. The Morgan fingerprint density at radius 2 is 2.29 bits per heavy atom. The number of benzene rings is 1. The van der Waals surface area contributed by atoms with Crippen molar-refractivity contribution in [3.05, 3.63) is 29.3 Å². The van der Waals surface area contributed by atoms with Gasteiger partial charge in [-0.25, -0.2) is 0 Å². The molecule has 5 heteroatoms. The normalized spacial score (nSPS) is 30.7. The number of hydrogen-bond acceptors (Lipinski definition) is 4. The van der Waals surface area contributed by atoms with E-state index in [0.29, 0.717) is 25.1 Å². The number of aliphatic hydroxyl groups excluding tert-OH is 1. The fourth-order valence-corrected chi connectivity index (χ4v) is 4.51. The molecule has 4 nitrogen and oxygen atoms in total. The average Bonchev–Trinajstić information content (AvgIpc) is 2.72. The van der Waals surface area contributed by atoms with Gasteiger partial charge in [0.05, 0.1) is 11.5 Å². The number of aliphatic hydroxyl groups is 1. The van der Waals surface area contributed by atoms with Gasteiger partial charge in [-0.2, -0.15) is 0 Å². The van der Waals surface area contributed by atoms with Gasteiger partial charge in [-0.15, -0.1) is 0 Å². The molecule has 1 fully saturated rings. The fourth-order valence-electron chi connectivity index (χ4n) is 3.02. The van der Waals surface area contributed by atoms with Crippen molar-refractivity contribution in [2.24, 2.45) is 0 Å². The predicted octanol–water partition coefficient (Wildman–Crippen LogP) is 1.72. The van der Waals surface area contributed by atoms with Gasteiger partial charge in [0.25, 0.3) is 0 Å². The van der Waals surface area contributed by atoms with Gasteiger partial charge in [-0.05, 0) is 37.5 Å². The molecule has 1 saturated heterocycles. The monoisotopic (exact) mass is 309 g/mol. The summed E-state index contributed by atoms with van der Waals surface area (Å²) in [5, 5.41) is 12.9. The molecule has 1 aromatic carbocycles. The van der Waals surface area contributed by atoms with Gasteiger partial charge in [0, 0.05) is 35.9 Å². The summed E-state index contributed by atoms with van der Waals surface area (Å²) in [6.07, 6.45) is 1.83. The zero-order chi connectivity index (χ0) is 15.0. The second-order valence-corrected chi connectivity index (χ2v) is 8.35. The molecule has 3 unspecified atom stereocenters. The third kappa shape index (κ3) is 3.47. The molecule has 2 N–H and O–H groups in total. The van der Waals surface area contributed by atoms with Crippen LogP contribution in [0.25, 0.3) is 0 Å². The number of rotatable bonds is 3. The molecule has 0 saturated carbocycles. The summed E-state index contributed by atoms with van der Waals surface area (Å²) in [7, 11) is -0.886. The van der Waals surface area contributed by atoms with Crippen LogP contribution in [0.1, 0.15) is 37.8 Å². The van der Waals surface area contributed by atoms with E-state index in [2.05, 4.69) is 37.4 Å². The van der Waals surface area contributed by atoms with Crippen LogP contribution >= 0.6 is 0 Å². The number of ether oxygens (including phenoxy) is 1. The zero-order valence-corrected chi connectivity index (χ0v) is 13.4. The predicted molar refractivity (Wildman–Crippen MR) is 83.7 cm³/mol. The second kappa shape index (κ2) is 5.71. The van der Waals surface area contributed by atoms with E-state index in [-0.39, 0.29) is 17.1 Å². The standard InChI is InChI=1S/C16H23NO3S/c1-16(2)9-12-4-3-11(7-14(12)20-16)10-17-15-8-13(18)5-6-21(15)19/h3-4,7,13,15,17-18H,5-6,8-10H2,1-2H3. The lowest BCUT2D eigenvalue weighted by molar-refractivity contribution is 0.138. The van der Waals surface area contributed by atoms with Crippen molar-refractivity contribution in [2.75, 3.05) is 5.75 Å².